The average Bonchev–Trinajstić information content (AvgIpc) is 2.96. The Morgan fingerprint density at radius 3 is 2.39 bits per heavy atom. The van der Waals surface area contributed by atoms with E-state index in [1.165, 1.54) is 7.05 Å². The van der Waals surface area contributed by atoms with Crippen molar-refractivity contribution < 1.29 is 14.4 Å². The van der Waals surface area contributed by atoms with Crippen LogP contribution in [0.2, 0.25) is 0 Å². The lowest BCUT2D eigenvalue weighted by Gasteiger charge is -2.33. The fraction of sp³-hybridized carbons (Fsp3) is 0.471. The van der Waals surface area contributed by atoms with Crippen LogP contribution >= 0.6 is 0 Å². The van der Waals surface area contributed by atoms with Crippen molar-refractivity contribution >= 4 is 23.4 Å². The number of likely N-dealkylation sites (tertiary alicyclic amines) is 1. The SMILES string of the molecule is Cc1ccc2c(c1)C1(CC(=O)N(C)C1=O)N1C(=O)C(C)(C)CN21. The molecule has 0 bridgehead atoms. The Labute approximate surface area is 134 Å². The van der Waals surface area contributed by atoms with Crippen LogP contribution in [0.4, 0.5) is 5.69 Å². The highest BCUT2D eigenvalue weighted by atomic mass is 16.2. The van der Waals surface area contributed by atoms with Gasteiger partial charge in [-0.05, 0) is 26.8 Å². The van der Waals surface area contributed by atoms with Gasteiger partial charge in [0.15, 0.2) is 5.54 Å². The molecular formula is C17H19N3O3. The number of carbonyl (C=O) groups excluding carboxylic acids is 3. The summed E-state index contributed by atoms with van der Waals surface area (Å²) in [7, 11) is 1.49. The van der Waals surface area contributed by atoms with Crippen molar-refractivity contribution in [1.29, 1.82) is 0 Å². The monoisotopic (exact) mass is 313 g/mol. The first-order chi connectivity index (χ1) is 10.7. The van der Waals surface area contributed by atoms with Crippen LogP contribution in [-0.4, -0.2) is 41.2 Å². The molecule has 0 aliphatic carbocycles. The van der Waals surface area contributed by atoms with E-state index in [0.717, 1.165) is 21.7 Å². The summed E-state index contributed by atoms with van der Waals surface area (Å²) < 4.78 is 0. The Kier molecular flexibility index (Phi) is 2.43. The van der Waals surface area contributed by atoms with Crippen molar-refractivity contribution in [3.63, 3.8) is 0 Å². The van der Waals surface area contributed by atoms with Crippen LogP contribution in [0.1, 0.15) is 31.4 Å². The highest BCUT2D eigenvalue weighted by Gasteiger charge is 2.67. The lowest BCUT2D eigenvalue weighted by atomic mass is 9.84. The fourth-order valence-corrected chi connectivity index (χ4v) is 3.98. The highest BCUT2D eigenvalue weighted by molar-refractivity contribution is 6.12. The molecule has 1 unspecified atom stereocenters. The van der Waals surface area contributed by atoms with Gasteiger partial charge in [-0.2, -0.15) is 0 Å². The molecule has 1 spiro atoms. The summed E-state index contributed by atoms with van der Waals surface area (Å²) in [6, 6.07) is 5.84. The van der Waals surface area contributed by atoms with Gasteiger partial charge in [-0.3, -0.25) is 24.3 Å². The summed E-state index contributed by atoms with van der Waals surface area (Å²) in [5, 5.41) is 3.42. The number of hydrazine groups is 1. The first-order valence-electron chi connectivity index (χ1n) is 7.74. The lowest BCUT2D eigenvalue weighted by molar-refractivity contribution is -0.149. The van der Waals surface area contributed by atoms with E-state index >= 15 is 0 Å². The van der Waals surface area contributed by atoms with E-state index in [1.54, 1.807) is 5.01 Å². The van der Waals surface area contributed by atoms with Gasteiger partial charge in [0, 0.05) is 12.6 Å². The van der Waals surface area contributed by atoms with Gasteiger partial charge in [-0.25, -0.2) is 5.01 Å². The van der Waals surface area contributed by atoms with Crippen molar-refractivity contribution in [2.24, 2.45) is 5.41 Å². The van der Waals surface area contributed by atoms with Crippen LogP contribution in [-0.2, 0) is 19.9 Å². The molecule has 6 nitrogen and oxygen atoms in total. The molecule has 3 aliphatic heterocycles. The molecule has 3 aliphatic rings. The number of likely N-dealkylation sites (N-methyl/N-ethyl adjacent to an activating group) is 1. The van der Waals surface area contributed by atoms with E-state index in [4.69, 9.17) is 0 Å². The Morgan fingerprint density at radius 2 is 1.78 bits per heavy atom. The molecule has 1 aromatic carbocycles. The second-order valence-corrected chi connectivity index (χ2v) is 7.37. The number of nitrogens with zero attached hydrogens (tertiary/aromatic N) is 3. The van der Waals surface area contributed by atoms with Crippen LogP contribution in [0.5, 0.6) is 0 Å². The summed E-state index contributed by atoms with van der Waals surface area (Å²) in [6.07, 6.45) is 0.0110. The molecule has 3 heterocycles. The number of anilines is 1. The van der Waals surface area contributed by atoms with Gasteiger partial charge in [0.1, 0.15) is 0 Å². The molecule has 2 saturated heterocycles. The number of amides is 3. The third-order valence-electron chi connectivity index (χ3n) is 5.23. The molecule has 0 saturated carbocycles. The molecule has 0 radical (unpaired) electrons. The van der Waals surface area contributed by atoms with Crippen molar-refractivity contribution in [2.75, 3.05) is 18.6 Å². The summed E-state index contributed by atoms with van der Waals surface area (Å²) in [6.45, 7) is 6.21. The fourth-order valence-electron chi connectivity index (χ4n) is 3.98. The zero-order valence-corrected chi connectivity index (χ0v) is 13.7. The first-order valence-corrected chi connectivity index (χ1v) is 7.74. The van der Waals surface area contributed by atoms with E-state index in [0.29, 0.717) is 6.54 Å². The standard InChI is InChI=1S/C17H19N3O3/c1-10-5-6-12-11(7-10)17(8-13(21)18(4)15(17)23)20-14(22)16(2,3)9-19(12)20/h5-7H,8-9H2,1-4H3. The number of imide groups is 1. The van der Waals surface area contributed by atoms with Crippen molar-refractivity contribution in [1.82, 2.24) is 9.91 Å². The predicted molar refractivity (Wildman–Crippen MR) is 83.2 cm³/mol. The molecule has 3 amide bonds. The molecule has 120 valence electrons. The number of hydrogen-bond acceptors (Lipinski definition) is 4. The van der Waals surface area contributed by atoms with Gasteiger partial charge in [0.2, 0.25) is 11.8 Å². The minimum atomic E-state index is -1.21. The third kappa shape index (κ3) is 1.46. The second kappa shape index (κ2) is 3.93. The summed E-state index contributed by atoms with van der Waals surface area (Å²) in [5.74, 6) is -0.674. The van der Waals surface area contributed by atoms with Gasteiger partial charge in [-0.15, -0.1) is 0 Å². The van der Waals surface area contributed by atoms with Crippen molar-refractivity contribution in [3.05, 3.63) is 29.3 Å². The van der Waals surface area contributed by atoms with Gasteiger partial charge < -0.3 is 0 Å². The Hall–Kier alpha value is -2.37. The van der Waals surface area contributed by atoms with Crippen molar-refractivity contribution in [3.8, 4) is 0 Å². The van der Waals surface area contributed by atoms with Crippen LogP contribution in [0, 0.1) is 12.3 Å². The molecule has 1 aromatic rings. The number of fused-ring (bicyclic) bond motifs is 5. The molecule has 2 fully saturated rings. The number of hydrogen-bond donors (Lipinski definition) is 0. The molecule has 6 heteroatoms. The number of carbonyl (C=O) groups is 3. The first kappa shape index (κ1) is 14.2. The van der Waals surface area contributed by atoms with E-state index < -0.39 is 11.0 Å². The molecule has 0 aromatic heterocycles. The Morgan fingerprint density at radius 1 is 1.09 bits per heavy atom. The quantitative estimate of drug-likeness (QED) is 0.675. The largest absolute Gasteiger partial charge is 0.283 e. The van der Waals surface area contributed by atoms with Gasteiger partial charge in [0.05, 0.1) is 24.1 Å². The smallest absolute Gasteiger partial charge is 0.262 e. The Bertz CT molecular complexity index is 785. The van der Waals surface area contributed by atoms with Gasteiger partial charge >= 0.3 is 0 Å². The topological polar surface area (TPSA) is 60.9 Å². The lowest BCUT2D eigenvalue weighted by Crippen LogP contribution is -2.53. The number of aryl methyl sites for hydroxylation is 1. The maximum Gasteiger partial charge on any atom is 0.262 e. The van der Waals surface area contributed by atoms with E-state index in [1.807, 2.05) is 44.0 Å². The van der Waals surface area contributed by atoms with Crippen LogP contribution in [0.15, 0.2) is 18.2 Å². The minimum Gasteiger partial charge on any atom is -0.283 e. The molecular weight excluding hydrogens is 294 g/mol. The van der Waals surface area contributed by atoms with Crippen LogP contribution < -0.4 is 5.01 Å². The zero-order chi connectivity index (χ0) is 16.7. The Balaban J connectivity index is 2.01. The average molecular weight is 313 g/mol. The maximum absolute atomic E-state index is 13.0. The molecule has 23 heavy (non-hydrogen) atoms. The summed E-state index contributed by atoms with van der Waals surface area (Å²) >= 11 is 0. The maximum atomic E-state index is 13.0. The van der Waals surface area contributed by atoms with E-state index in [2.05, 4.69) is 0 Å². The minimum absolute atomic E-state index is 0.0110. The van der Waals surface area contributed by atoms with Gasteiger partial charge in [0.25, 0.3) is 5.91 Å². The van der Waals surface area contributed by atoms with E-state index in [-0.39, 0.29) is 24.1 Å². The highest BCUT2D eigenvalue weighted by Crippen LogP contribution is 2.55. The molecule has 4 rings (SSSR count). The predicted octanol–water partition coefficient (Wildman–Crippen LogP) is 1.18. The van der Waals surface area contributed by atoms with Crippen molar-refractivity contribution in [2.45, 2.75) is 32.7 Å². The molecule has 0 N–H and O–H groups in total. The number of benzene rings is 1. The summed E-state index contributed by atoms with van der Waals surface area (Å²) in [5.41, 5.74) is 0.833. The number of rotatable bonds is 0. The molecule has 1 atom stereocenters. The van der Waals surface area contributed by atoms with Crippen LogP contribution in [0.25, 0.3) is 0 Å². The second-order valence-electron chi connectivity index (χ2n) is 7.37. The van der Waals surface area contributed by atoms with Crippen LogP contribution in [0.3, 0.4) is 0 Å². The van der Waals surface area contributed by atoms with Gasteiger partial charge in [-0.1, -0.05) is 17.7 Å². The normalized spacial score (nSPS) is 28.2. The summed E-state index contributed by atoms with van der Waals surface area (Å²) in [4.78, 5) is 39.4. The van der Waals surface area contributed by atoms with E-state index in [9.17, 15) is 14.4 Å². The third-order valence-corrected chi connectivity index (χ3v) is 5.23. The zero-order valence-electron chi connectivity index (χ0n) is 13.7.